The summed E-state index contributed by atoms with van der Waals surface area (Å²) in [5.74, 6) is 2.48. The van der Waals surface area contributed by atoms with Gasteiger partial charge in [0, 0.05) is 39.3 Å². The average molecular weight is 414 g/mol. The number of rotatable bonds is 11. The van der Waals surface area contributed by atoms with Gasteiger partial charge in [0.15, 0.2) is 17.5 Å². The Hall–Kier alpha value is -1.70. The fraction of sp³-hybridized carbons (Fsp3) is 0.650. The number of halogens is 1. The Labute approximate surface area is 172 Å². The second-order valence-electron chi connectivity index (χ2n) is 6.55. The number of hydrogen-bond donors (Lipinski definition) is 2. The molecule has 8 heteroatoms. The fourth-order valence-electron chi connectivity index (χ4n) is 2.91. The molecule has 0 aliphatic carbocycles. The van der Waals surface area contributed by atoms with Gasteiger partial charge in [0.25, 0.3) is 0 Å². The van der Waals surface area contributed by atoms with Gasteiger partial charge in [-0.3, -0.25) is 4.99 Å². The average Bonchev–Trinajstić information content (AvgIpc) is 3.22. The molecule has 1 atom stereocenters. The molecular formula is C20H32ClN3O4. The molecule has 7 nitrogen and oxygen atoms in total. The Kier molecular flexibility index (Phi) is 10.2. The van der Waals surface area contributed by atoms with Crippen LogP contribution in [0.5, 0.6) is 11.5 Å². The van der Waals surface area contributed by atoms with E-state index in [-0.39, 0.29) is 0 Å². The third-order valence-electron chi connectivity index (χ3n) is 4.40. The lowest BCUT2D eigenvalue weighted by molar-refractivity contribution is 0.0888. The van der Waals surface area contributed by atoms with Crippen LogP contribution >= 0.6 is 11.6 Å². The lowest BCUT2D eigenvalue weighted by Gasteiger charge is -2.15. The normalized spacial score (nSPS) is 16.9. The molecule has 0 bridgehead atoms. The summed E-state index contributed by atoms with van der Waals surface area (Å²) in [5.41, 5.74) is 0.982. The van der Waals surface area contributed by atoms with Crippen LogP contribution in [0.4, 0.5) is 0 Å². The number of methoxy groups -OCH3 is 1. The van der Waals surface area contributed by atoms with E-state index in [0.29, 0.717) is 35.6 Å². The Morgan fingerprint density at radius 2 is 2.21 bits per heavy atom. The zero-order valence-corrected chi connectivity index (χ0v) is 17.8. The van der Waals surface area contributed by atoms with Crippen LogP contribution in [-0.2, 0) is 16.0 Å². The van der Waals surface area contributed by atoms with Gasteiger partial charge in [0.2, 0.25) is 0 Å². The topological polar surface area (TPSA) is 73.3 Å². The maximum atomic E-state index is 6.32. The van der Waals surface area contributed by atoms with Crippen molar-refractivity contribution in [2.24, 2.45) is 10.9 Å². The number of guanidine groups is 1. The van der Waals surface area contributed by atoms with Gasteiger partial charge in [0.1, 0.15) is 0 Å². The van der Waals surface area contributed by atoms with Gasteiger partial charge in [-0.25, -0.2) is 0 Å². The number of nitrogens with zero attached hydrogens (tertiary/aromatic N) is 1. The molecule has 1 aliphatic rings. The van der Waals surface area contributed by atoms with Crippen LogP contribution in [0.3, 0.4) is 0 Å². The molecule has 1 aromatic carbocycles. The van der Waals surface area contributed by atoms with Crippen LogP contribution in [0, 0.1) is 5.92 Å². The smallest absolute Gasteiger partial charge is 0.191 e. The number of benzene rings is 1. The molecule has 1 heterocycles. The fourth-order valence-corrected chi connectivity index (χ4v) is 3.20. The second-order valence-corrected chi connectivity index (χ2v) is 6.96. The van der Waals surface area contributed by atoms with Crippen molar-refractivity contribution in [1.29, 1.82) is 0 Å². The van der Waals surface area contributed by atoms with Crippen molar-refractivity contribution < 1.29 is 18.9 Å². The molecule has 2 N–H and O–H groups in total. The zero-order valence-electron chi connectivity index (χ0n) is 17.1. The van der Waals surface area contributed by atoms with E-state index in [9.17, 15) is 0 Å². The molecule has 28 heavy (non-hydrogen) atoms. The van der Waals surface area contributed by atoms with Crippen molar-refractivity contribution in [3.63, 3.8) is 0 Å². The Bertz CT molecular complexity index is 622. The first-order chi connectivity index (χ1) is 13.7. The van der Waals surface area contributed by atoms with Gasteiger partial charge >= 0.3 is 0 Å². The first-order valence-electron chi connectivity index (χ1n) is 9.77. The standard InChI is InChI=1S/C20H32ClN3O4/c1-4-28-19-17(21)10-16(11-18(19)25-3)12-24-20(22-2)23-7-5-8-26-13-15-6-9-27-14-15/h10-11,15H,4-9,12-14H2,1-3H3,(H2,22,23,24). The number of nitrogens with one attached hydrogen (secondary N) is 2. The van der Waals surface area contributed by atoms with Crippen LogP contribution in [-0.4, -0.2) is 59.7 Å². The quantitative estimate of drug-likeness (QED) is 0.330. The monoisotopic (exact) mass is 413 g/mol. The van der Waals surface area contributed by atoms with E-state index in [4.69, 9.17) is 30.5 Å². The van der Waals surface area contributed by atoms with Gasteiger partial charge in [-0.1, -0.05) is 11.6 Å². The maximum absolute atomic E-state index is 6.32. The summed E-state index contributed by atoms with van der Waals surface area (Å²) >= 11 is 6.32. The van der Waals surface area contributed by atoms with E-state index in [1.54, 1.807) is 14.2 Å². The highest BCUT2D eigenvalue weighted by atomic mass is 35.5. The van der Waals surface area contributed by atoms with Gasteiger partial charge < -0.3 is 29.6 Å². The summed E-state index contributed by atoms with van der Waals surface area (Å²) in [7, 11) is 3.35. The minimum atomic E-state index is 0.530. The second kappa shape index (κ2) is 12.7. The molecular weight excluding hydrogens is 382 g/mol. The van der Waals surface area contributed by atoms with Crippen molar-refractivity contribution in [1.82, 2.24) is 10.6 Å². The molecule has 0 amide bonds. The molecule has 0 aromatic heterocycles. The van der Waals surface area contributed by atoms with E-state index >= 15 is 0 Å². The van der Waals surface area contributed by atoms with Gasteiger partial charge in [-0.2, -0.15) is 0 Å². The molecule has 0 saturated carbocycles. The first kappa shape index (κ1) is 22.6. The number of hydrogen-bond acceptors (Lipinski definition) is 5. The van der Waals surface area contributed by atoms with Crippen molar-refractivity contribution >= 4 is 17.6 Å². The van der Waals surface area contributed by atoms with Gasteiger partial charge in [-0.05, 0) is 37.5 Å². The highest BCUT2D eigenvalue weighted by Crippen LogP contribution is 2.36. The molecule has 1 aliphatic heterocycles. The summed E-state index contributed by atoms with van der Waals surface area (Å²) in [6.45, 7) is 7.00. The summed E-state index contributed by atoms with van der Waals surface area (Å²) in [4.78, 5) is 4.24. The summed E-state index contributed by atoms with van der Waals surface area (Å²) in [5, 5.41) is 7.10. The molecule has 0 spiro atoms. The number of aliphatic imine (C=N–C) groups is 1. The van der Waals surface area contributed by atoms with Crippen molar-refractivity contribution in [3.05, 3.63) is 22.7 Å². The van der Waals surface area contributed by atoms with Crippen LogP contribution in [0.15, 0.2) is 17.1 Å². The van der Waals surface area contributed by atoms with Crippen LogP contribution in [0.2, 0.25) is 5.02 Å². The third kappa shape index (κ3) is 7.37. The van der Waals surface area contributed by atoms with E-state index in [1.165, 1.54) is 0 Å². The molecule has 1 saturated heterocycles. The molecule has 0 radical (unpaired) electrons. The third-order valence-corrected chi connectivity index (χ3v) is 4.68. The van der Waals surface area contributed by atoms with Gasteiger partial charge in [-0.15, -0.1) is 0 Å². The minimum Gasteiger partial charge on any atom is -0.493 e. The lowest BCUT2D eigenvalue weighted by atomic mass is 10.1. The maximum Gasteiger partial charge on any atom is 0.191 e. The molecule has 1 fully saturated rings. The first-order valence-corrected chi connectivity index (χ1v) is 10.1. The van der Waals surface area contributed by atoms with Crippen molar-refractivity contribution in [2.75, 3.05) is 53.7 Å². The van der Waals surface area contributed by atoms with E-state index in [2.05, 4.69) is 15.6 Å². The number of ether oxygens (including phenoxy) is 4. The molecule has 2 rings (SSSR count). The molecule has 1 aromatic rings. The SMILES string of the molecule is CCOc1c(Cl)cc(CNC(=NC)NCCCOCC2CCOC2)cc1OC. The molecule has 158 valence electrons. The summed E-state index contributed by atoms with van der Waals surface area (Å²) < 4.78 is 22.0. The Balaban J connectivity index is 1.70. The predicted octanol–water partition coefficient (Wildman–Crippen LogP) is 2.86. The molecule has 1 unspecified atom stereocenters. The van der Waals surface area contributed by atoms with Crippen LogP contribution in [0.1, 0.15) is 25.3 Å². The summed E-state index contributed by atoms with van der Waals surface area (Å²) in [6.07, 6.45) is 2.02. The lowest BCUT2D eigenvalue weighted by Crippen LogP contribution is -2.37. The highest BCUT2D eigenvalue weighted by molar-refractivity contribution is 6.32. The summed E-state index contributed by atoms with van der Waals surface area (Å²) in [6, 6.07) is 3.79. The van der Waals surface area contributed by atoms with Crippen LogP contribution in [0.25, 0.3) is 0 Å². The van der Waals surface area contributed by atoms with Crippen molar-refractivity contribution in [3.8, 4) is 11.5 Å². The van der Waals surface area contributed by atoms with E-state index in [1.807, 2.05) is 19.1 Å². The van der Waals surface area contributed by atoms with Crippen molar-refractivity contribution in [2.45, 2.75) is 26.3 Å². The largest absolute Gasteiger partial charge is 0.493 e. The highest BCUT2D eigenvalue weighted by Gasteiger charge is 2.15. The minimum absolute atomic E-state index is 0.530. The van der Waals surface area contributed by atoms with Gasteiger partial charge in [0.05, 0.1) is 32.0 Å². The van der Waals surface area contributed by atoms with E-state index < -0.39 is 0 Å². The predicted molar refractivity (Wildman–Crippen MR) is 112 cm³/mol. The Morgan fingerprint density at radius 1 is 1.36 bits per heavy atom. The van der Waals surface area contributed by atoms with E-state index in [0.717, 1.165) is 57.3 Å². The zero-order chi connectivity index (χ0) is 20.2. The van der Waals surface area contributed by atoms with Crippen LogP contribution < -0.4 is 20.1 Å². The Morgan fingerprint density at radius 3 is 2.89 bits per heavy atom.